The van der Waals surface area contributed by atoms with Crippen LogP contribution in [0.5, 0.6) is 0 Å². The molecule has 3 rings (SSSR count). The van der Waals surface area contributed by atoms with Crippen LogP contribution in [0.4, 0.5) is 5.69 Å². The Morgan fingerprint density at radius 1 is 1.14 bits per heavy atom. The number of benzene rings is 2. The van der Waals surface area contributed by atoms with Gasteiger partial charge in [-0.3, -0.25) is 0 Å². The highest BCUT2D eigenvalue weighted by Crippen LogP contribution is 2.26. The van der Waals surface area contributed by atoms with E-state index in [-0.39, 0.29) is 0 Å². The van der Waals surface area contributed by atoms with Crippen LogP contribution in [-0.2, 0) is 6.54 Å². The average Bonchev–Trinajstić information content (AvgIpc) is 2.97. The Bertz CT molecular complexity index is 726. The molecule has 1 fully saturated rings. The monoisotopic (exact) mass is 289 g/mol. The normalized spacial score (nSPS) is 16.0. The first-order chi connectivity index (χ1) is 10.8. The fraction of sp³-hybridized carbons (Fsp3) is 0.263. The van der Waals surface area contributed by atoms with Crippen LogP contribution in [0.1, 0.15) is 29.5 Å². The molecule has 0 aromatic heterocycles. The van der Waals surface area contributed by atoms with Crippen LogP contribution >= 0.6 is 0 Å². The molecule has 22 heavy (non-hydrogen) atoms. The zero-order chi connectivity index (χ0) is 15.4. The standard InChI is InChI=1S/C19H19N3/c1-15-7-5-10-17(13-20)19(15)21-18-11-6-12-22(18)14-16-8-3-2-4-9-16/h2-5,7-10H,6,11-12,14H2,1H3. The minimum Gasteiger partial charge on any atom is -0.356 e. The predicted octanol–water partition coefficient (Wildman–Crippen LogP) is 4.19. The lowest BCUT2D eigenvalue weighted by molar-refractivity contribution is 0.448. The maximum atomic E-state index is 9.29. The number of aliphatic imine (C=N–C) groups is 1. The molecule has 0 spiro atoms. The number of nitriles is 1. The van der Waals surface area contributed by atoms with Gasteiger partial charge in [0.15, 0.2) is 0 Å². The van der Waals surface area contributed by atoms with Crippen molar-refractivity contribution in [3.8, 4) is 6.07 Å². The third kappa shape index (κ3) is 3.01. The molecule has 2 aromatic carbocycles. The van der Waals surface area contributed by atoms with Gasteiger partial charge in [0.25, 0.3) is 0 Å². The van der Waals surface area contributed by atoms with Crippen LogP contribution in [0, 0.1) is 18.3 Å². The summed E-state index contributed by atoms with van der Waals surface area (Å²) in [5, 5.41) is 9.29. The maximum absolute atomic E-state index is 9.29. The quantitative estimate of drug-likeness (QED) is 0.849. The van der Waals surface area contributed by atoms with Crippen molar-refractivity contribution in [2.45, 2.75) is 26.3 Å². The summed E-state index contributed by atoms with van der Waals surface area (Å²) in [4.78, 5) is 7.15. The van der Waals surface area contributed by atoms with Gasteiger partial charge < -0.3 is 4.90 Å². The molecule has 0 amide bonds. The maximum Gasteiger partial charge on any atom is 0.105 e. The van der Waals surface area contributed by atoms with E-state index in [9.17, 15) is 5.26 Å². The number of amidine groups is 1. The van der Waals surface area contributed by atoms with Crippen LogP contribution in [0.3, 0.4) is 0 Å². The van der Waals surface area contributed by atoms with Crippen LogP contribution in [0.2, 0.25) is 0 Å². The highest BCUT2D eigenvalue weighted by Gasteiger charge is 2.19. The lowest BCUT2D eigenvalue weighted by Gasteiger charge is -2.19. The van der Waals surface area contributed by atoms with Crippen molar-refractivity contribution in [3.05, 3.63) is 65.2 Å². The molecule has 2 aromatic rings. The zero-order valence-electron chi connectivity index (χ0n) is 12.8. The van der Waals surface area contributed by atoms with Gasteiger partial charge in [-0.05, 0) is 30.5 Å². The Morgan fingerprint density at radius 3 is 2.73 bits per heavy atom. The summed E-state index contributed by atoms with van der Waals surface area (Å²) in [6.45, 7) is 3.92. The highest BCUT2D eigenvalue weighted by molar-refractivity contribution is 5.87. The molecular weight excluding hydrogens is 270 g/mol. The van der Waals surface area contributed by atoms with Crippen molar-refractivity contribution in [1.82, 2.24) is 4.90 Å². The van der Waals surface area contributed by atoms with Crippen molar-refractivity contribution in [2.24, 2.45) is 4.99 Å². The van der Waals surface area contributed by atoms with Crippen molar-refractivity contribution < 1.29 is 0 Å². The van der Waals surface area contributed by atoms with E-state index >= 15 is 0 Å². The second kappa shape index (κ2) is 6.44. The summed E-state index contributed by atoms with van der Waals surface area (Å²) in [5.41, 5.74) is 3.82. The average molecular weight is 289 g/mol. The number of para-hydroxylation sites is 1. The molecule has 0 bridgehead atoms. The fourth-order valence-corrected chi connectivity index (χ4v) is 2.84. The van der Waals surface area contributed by atoms with Crippen LogP contribution in [0.25, 0.3) is 0 Å². The van der Waals surface area contributed by atoms with E-state index in [0.717, 1.165) is 43.0 Å². The van der Waals surface area contributed by atoms with Gasteiger partial charge in [-0.2, -0.15) is 5.26 Å². The van der Waals surface area contributed by atoms with Crippen molar-refractivity contribution in [3.63, 3.8) is 0 Å². The van der Waals surface area contributed by atoms with E-state index in [4.69, 9.17) is 4.99 Å². The number of hydrogen-bond acceptors (Lipinski definition) is 2. The smallest absolute Gasteiger partial charge is 0.105 e. The Morgan fingerprint density at radius 2 is 1.95 bits per heavy atom. The van der Waals surface area contributed by atoms with Crippen LogP contribution in [-0.4, -0.2) is 17.3 Å². The van der Waals surface area contributed by atoms with E-state index in [1.54, 1.807) is 0 Å². The molecule has 110 valence electrons. The molecule has 0 aliphatic carbocycles. The first kappa shape index (κ1) is 14.3. The largest absolute Gasteiger partial charge is 0.356 e. The second-order valence-electron chi connectivity index (χ2n) is 5.62. The molecule has 3 heteroatoms. The Balaban J connectivity index is 1.89. The van der Waals surface area contributed by atoms with Crippen molar-refractivity contribution >= 4 is 11.5 Å². The van der Waals surface area contributed by atoms with Crippen LogP contribution in [0.15, 0.2) is 53.5 Å². The molecular formula is C19H19N3. The molecule has 1 aliphatic heterocycles. The molecule has 0 unspecified atom stereocenters. The molecule has 0 saturated carbocycles. The summed E-state index contributed by atoms with van der Waals surface area (Å²) in [6.07, 6.45) is 2.10. The fourth-order valence-electron chi connectivity index (χ4n) is 2.84. The minimum absolute atomic E-state index is 0.652. The van der Waals surface area contributed by atoms with E-state index in [2.05, 4.69) is 35.2 Å². The first-order valence-corrected chi connectivity index (χ1v) is 7.64. The Hall–Kier alpha value is -2.60. The first-order valence-electron chi connectivity index (χ1n) is 7.64. The Kier molecular flexibility index (Phi) is 4.20. The van der Waals surface area contributed by atoms with E-state index < -0.39 is 0 Å². The zero-order valence-corrected chi connectivity index (χ0v) is 12.8. The molecule has 1 aliphatic rings. The number of hydrogen-bond donors (Lipinski definition) is 0. The van der Waals surface area contributed by atoms with Gasteiger partial charge >= 0.3 is 0 Å². The summed E-state index contributed by atoms with van der Waals surface area (Å²) >= 11 is 0. The third-order valence-corrected chi connectivity index (χ3v) is 4.01. The van der Waals surface area contributed by atoms with E-state index in [1.807, 2.05) is 31.2 Å². The second-order valence-corrected chi connectivity index (χ2v) is 5.62. The topological polar surface area (TPSA) is 39.4 Å². The van der Waals surface area contributed by atoms with Gasteiger partial charge in [0.05, 0.1) is 11.3 Å². The lowest BCUT2D eigenvalue weighted by atomic mass is 10.1. The minimum atomic E-state index is 0.652. The molecule has 0 atom stereocenters. The molecule has 0 radical (unpaired) electrons. The summed E-state index contributed by atoms with van der Waals surface area (Å²) in [7, 11) is 0. The summed E-state index contributed by atoms with van der Waals surface area (Å²) < 4.78 is 0. The lowest BCUT2D eigenvalue weighted by Crippen LogP contribution is -2.24. The SMILES string of the molecule is Cc1cccc(C#N)c1N=C1CCCN1Cc1ccccc1. The summed E-state index contributed by atoms with van der Waals surface area (Å²) in [6, 6.07) is 18.5. The highest BCUT2D eigenvalue weighted by atomic mass is 15.2. The molecule has 0 N–H and O–H groups in total. The third-order valence-electron chi connectivity index (χ3n) is 4.01. The number of rotatable bonds is 3. The molecule has 1 heterocycles. The van der Waals surface area contributed by atoms with E-state index in [1.165, 1.54) is 5.56 Å². The summed E-state index contributed by atoms with van der Waals surface area (Å²) in [5.74, 6) is 1.09. The van der Waals surface area contributed by atoms with Gasteiger partial charge in [-0.25, -0.2) is 4.99 Å². The van der Waals surface area contributed by atoms with Crippen molar-refractivity contribution in [2.75, 3.05) is 6.54 Å². The van der Waals surface area contributed by atoms with Crippen LogP contribution < -0.4 is 0 Å². The van der Waals surface area contributed by atoms with Gasteiger partial charge in [0, 0.05) is 19.5 Å². The molecule has 1 saturated heterocycles. The van der Waals surface area contributed by atoms with Gasteiger partial charge in [0.1, 0.15) is 11.9 Å². The van der Waals surface area contributed by atoms with Gasteiger partial charge in [0.2, 0.25) is 0 Å². The number of likely N-dealkylation sites (tertiary alicyclic amines) is 1. The molecule has 3 nitrogen and oxygen atoms in total. The van der Waals surface area contributed by atoms with E-state index in [0.29, 0.717) is 5.56 Å². The Labute approximate surface area is 131 Å². The number of aryl methyl sites for hydroxylation is 1. The van der Waals surface area contributed by atoms with Gasteiger partial charge in [-0.15, -0.1) is 0 Å². The number of nitrogens with zero attached hydrogens (tertiary/aromatic N) is 3. The van der Waals surface area contributed by atoms with Crippen molar-refractivity contribution in [1.29, 1.82) is 5.26 Å². The predicted molar refractivity (Wildman–Crippen MR) is 89.1 cm³/mol. The van der Waals surface area contributed by atoms with Gasteiger partial charge in [-0.1, -0.05) is 42.5 Å².